The van der Waals surface area contributed by atoms with Gasteiger partial charge in [0.2, 0.25) is 0 Å². The van der Waals surface area contributed by atoms with Crippen LogP contribution in [0.15, 0.2) is 24.3 Å². The lowest BCUT2D eigenvalue weighted by Crippen LogP contribution is -2.28. The number of hydrogen-bond acceptors (Lipinski definition) is 2. The number of nitrogens with one attached hydrogen (secondary N) is 1. The molecule has 2 unspecified atom stereocenters. The second-order valence-electron chi connectivity index (χ2n) is 4.92. The van der Waals surface area contributed by atoms with Gasteiger partial charge in [-0.05, 0) is 24.4 Å². The molecule has 96 valence electrons. The smallest absolute Gasteiger partial charge is 0.129 e. The van der Waals surface area contributed by atoms with Crippen LogP contribution in [0.1, 0.15) is 32.4 Å². The van der Waals surface area contributed by atoms with E-state index in [9.17, 15) is 9.50 Å². The van der Waals surface area contributed by atoms with Gasteiger partial charge in [-0.25, -0.2) is 4.39 Å². The lowest BCUT2D eigenvalue weighted by Gasteiger charge is -2.18. The Morgan fingerprint density at radius 2 is 1.82 bits per heavy atom. The van der Waals surface area contributed by atoms with Gasteiger partial charge in [-0.2, -0.15) is 0 Å². The van der Waals surface area contributed by atoms with Crippen LogP contribution in [0.3, 0.4) is 0 Å². The largest absolute Gasteiger partial charge is 0.387 e. The van der Waals surface area contributed by atoms with Gasteiger partial charge in [0.15, 0.2) is 0 Å². The molecule has 2 N–H and O–H groups in total. The number of halogens is 1. The third-order valence-electron chi connectivity index (χ3n) is 3.21. The van der Waals surface area contributed by atoms with Crippen molar-refractivity contribution in [2.45, 2.75) is 26.9 Å². The van der Waals surface area contributed by atoms with Crippen LogP contribution >= 0.6 is 0 Å². The van der Waals surface area contributed by atoms with E-state index in [4.69, 9.17) is 0 Å². The van der Waals surface area contributed by atoms with Gasteiger partial charge in [0.05, 0.1) is 6.10 Å². The van der Waals surface area contributed by atoms with E-state index in [2.05, 4.69) is 26.1 Å². The van der Waals surface area contributed by atoms with Crippen LogP contribution < -0.4 is 5.32 Å². The second-order valence-corrected chi connectivity index (χ2v) is 4.92. The minimum atomic E-state index is -0.782. The first kappa shape index (κ1) is 14.1. The first-order valence-corrected chi connectivity index (χ1v) is 6.15. The van der Waals surface area contributed by atoms with Crippen molar-refractivity contribution in [3.8, 4) is 0 Å². The van der Waals surface area contributed by atoms with Crippen molar-refractivity contribution in [3.05, 3.63) is 35.6 Å². The maximum atomic E-state index is 13.4. The van der Waals surface area contributed by atoms with Crippen molar-refractivity contribution in [1.29, 1.82) is 0 Å². The zero-order valence-electron chi connectivity index (χ0n) is 10.8. The maximum Gasteiger partial charge on any atom is 0.129 e. The van der Waals surface area contributed by atoms with Crippen molar-refractivity contribution in [2.75, 3.05) is 13.1 Å². The molecule has 1 aromatic carbocycles. The topological polar surface area (TPSA) is 32.3 Å². The van der Waals surface area contributed by atoms with Crippen molar-refractivity contribution in [3.63, 3.8) is 0 Å². The molecule has 0 bridgehead atoms. The van der Waals surface area contributed by atoms with E-state index in [0.717, 1.165) is 6.54 Å². The van der Waals surface area contributed by atoms with Crippen LogP contribution in [0.2, 0.25) is 0 Å². The summed E-state index contributed by atoms with van der Waals surface area (Å²) in [5.41, 5.74) is 0.359. The summed E-state index contributed by atoms with van der Waals surface area (Å²) in [7, 11) is 0. The highest BCUT2D eigenvalue weighted by molar-refractivity contribution is 5.19. The Morgan fingerprint density at radius 3 is 2.41 bits per heavy atom. The molecular formula is C14H22FNO. The molecule has 0 heterocycles. The van der Waals surface area contributed by atoms with E-state index in [0.29, 0.717) is 23.9 Å². The third kappa shape index (κ3) is 4.44. The normalized spacial score (nSPS) is 14.9. The molecule has 2 atom stereocenters. The molecule has 17 heavy (non-hydrogen) atoms. The van der Waals surface area contributed by atoms with E-state index >= 15 is 0 Å². The highest BCUT2D eigenvalue weighted by atomic mass is 19.1. The monoisotopic (exact) mass is 239 g/mol. The van der Waals surface area contributed by atoms with E-state index < -0.39 is 6.10 Å². The van der Waals surface area contributed by atoms with Crippen molar-refractivity contribution >= 4 is 0 Å². The Kier molecular flexibility index (Phi) is 5.59. The van der Waals surface area contributed by atoms with E-state index in [1.54, 1.807) is 18.2 Å². The van der Waals surface area contributed by atoms with E-state index in [1.165, 1.54) is 6.07 Å². The van der Waals surface area contributed by atoms with Gasteiger partial charge in [0.1, 0.15) is 5.82 Å². The number of rotatable bonds is 6. The molecule has 0 aliphatic rings. The van der Waals surface area contributed by atoms with Crippen LogP contribution in [0, 0.1) is 17.7 Å². The van der Waals surface area contributed by atoms with Crippen molar-refractivity contribution in [1.82, 2.24) is 5.32 Å². The maximum absolute atomic E-state index is 13.4. The number of aliphatic hydroxyl groups is 1. The lowest BCUT2D eigenvalue weighted by molar-refractivity contribution is 0.167. The zero-order chi connectivity index (χ0) is 12.8. The predicted molar refractivity (Wildman–Crippen MR) is 68.2 cm³/mol. The van der Waals surface area contributed by atoms with Gasteiger partial charge in [-0.3, -0.25) is 0 Å². The van der Waals surface area contributed by atoms with Crippen molar-refractivity contribution < 1.29 is 9.50 Å². The molecule has 0 amide bonds. The quantitative estimate of drug-likeness (QED) is 0.800. The molecule has 0 saturated heterocycles. The molecule has 1 aromatic rings. The lowest BCUT2D eigenvalue weighted by atomic mass is 9.98. The summed E-state index contributed by atoms with van der Waals surface area (Å²) in [5.74, 6) is 0.801. The number of benzene rings is 1. The summed E-state index contributed by atoms with van der Waals surface area (Å²) in [5, 5.41) is 13.0. The number of hydrogen-bond donors (Lipinski definition) is 2. The summed E-state index contributed by atoms with van der Waals surface area (Å²) in [6.07, 6.45) is -0.782. The molecule has 0 fully saturated rings. The Hall–Kier alpha value is -0.930. The number of aliphatic hydroxyl groups excluding tert-OH is 1. The van der Waals surface area contributed by atoms with Gasteiger partial charge in [-0.15, -0.1) is 0 Å². The molecule has 0 radical (unpaired) electrons. The van der Waals surface area contributed by atoms with Crippen molar-refractivity contribution in [2.24, 2.45) is 11.8 Å². The second kappa shape index (κ2) is 6.72. The Morgan fingerprint density at radius 1 is 1.18 bits per heavy atom. The van der Waals surface area contributed by atoms with E-state index in [1.807, 2.05) is 0 Å². The highest BCUT2D eigenvalue weighted by Gasteiger charge is 2.12. The average Bonchev–Trinajstić information content (AvgIpc) is 2.29. The van der Waals surface area contributed by atoms with Gasteiger partial charge in [0.25, 0.3) is 0 Å². The molecule has 0 saturated carbocycles. The van der Waals surface area contributed by atoms with E-state index in [-0.39, 0.29) is 5.82 Å². The predicted octanol–water partition coefficient (Wildman–Crippen LogP) is 2.74. The highest BCUT2D eigenvalue weighted by Crippen LogP contribution is 2.16. The fourth-order valence-corrected chi connectivity index (χ4v) is 1.54. The molecular weight excluding hydrogens is 217 g/mol. The molecule has 1 rings (SSSR count). The van der Waals surface area contributed by atoms with Gasteiger partial charge >= 0.3 is 0 Å². The zero-order valence-corrected chi connectivity index (χ0v) is 10.8. The van der Waals surface area contributed by atoms with Crippen LogP contribution in [-0.2, 0) is 0 Å². The minimum Gasteiger partial charge on any atom is -0.387 e. The third-order valence-corrected chi connectivity index (χ3v) is 3.21. The van der Waals surface area contributed by atoms with Crippen LogP contribution in [0.25, 0.3) is 0 Å². The van der Waals surface area contributed by atoms with Gasteiger partial charge in [-0.1, -0.05) is 39.0 Å². The average molecular weight is 239 g/mol. The Balaban J connectivity index is 2.40. The molecule has 0 spiro atoms. The molecule has 2 nitrogen and oxygen atoms in total. The van der Waals surface area contributed by atoms with Crippen LogP contribution in [-0.4, -0.2) is 18.2 Å². The molecule has 0 aliphatic heterocycles. The molecule has 0 aliphatic carbocycles. The summed E-state index contributed by atoms with van der Waals surface area (Å²) in [4.78, 5) is 0. The first-order valence-electron chi connectivity index (χ1n) is 6.15. The van der Waals surface area contributed by atoms with Gasteiger partial charge < -0.3 is 10.4 Å². The molecule has 0 aromatic heterocycles. The Labute approximate surface area is 103 Å². The summed E-state index contributed by atoms with van der Waals surface area (Å²) < 4.78 is 13.4. The SMILES string of the molecule is CC(C)C(C)CNCC(O)c1ccccc1F. The summed E-state index contributed by atoms with van der Waals surface area (Å²) >= 11 is 0. The van der Waals surface area contributed by atoms with Gasteiger partial charge in [0, 0.05) is 12.1 Å². The fraction of sp³-hybridized carbons (Fsp3) is 0.571. The summed E-state index contributed by atoms with van der Waals surface area (Å²) in [6, 6.07) is 6.35. The summed E-state index contributed by atoms with van der Waals surface area (Å²) in [6.45, 7) is 7.72. The fourth-order valence-electron chi connectivity index (χ4n) is 1.54. The standard InChI is InChI=1S/C14H22FNO/c1-10(2)11(3)8-16-9-14(17)12-6-4-5-7-13(12)15/h4-7,10-11,14,16-17H,8-9H2,1-3H3. The Bertz CT molecular complexity index is 341. The van der Waals surface area contributed by atoms with Crippen LogP contribution in [0.4, 0.5) is 4.39 Å². The minimum absolute atomic E-state index is 0.348. The first-order chi connectivity index (χ1) is 8.02. The van der Waals surface area contributed by atoms with Crippen LogP contribution in [0.5, 0.6) is 0 Å². The molecule has 3 heteroatoms.